The van der Waals surface area contributed by atoms with Gasteiger partial charge in [0.15, 0.2) is 0 Å². The van der Waals surface area contributed by atoms with Crippen LogP contribution in [0.2, 0.25) is 0 Å². The Hall–Kier alpha value is -1.06. The highest BCUT2D eigenvalue weighted by Gasteiger charge is 2.32. The summed E-state index contributed by atoms with van der Waals surface area (Å²) >= 11 is 0. The third-order valence-corrected chi connectivity index (χ3v) is 4.60. The Labute approximate surface area is 140 Å². The van der Waals surface area contributed by atoms with E-state index in [-0.39, 0.29) is 36.3 Å². The molecule has 2 N–H and O–H groups in total. The Balaban J connectivity index is 0.00000242. The van der Waals surface area contributed by atoms with Gasteiger partial charge in [-0.05, 0) is 30.7 Å². The van der Waals surface area contributed by atoms with E-state index in [1.165, 1.54) is 5.56 Å². The van der Waals surface area contributed by atoms with E-state index in [2.05, 4.69) is 26.0 Å². The van der Waals surface area contributed by atoms with Gasteiger partial charge in [-0.1, -0.05) is 50.6 Å². The highest BCUT2D eigenvalue weighted by molar-refractivity contribution is 5.85. The van der Waals surface area contributed by atoms with E-state index in [4.69, 9.17) is 5.73 Å². The van der Waals surface area contributed by atoms with Gasteiger partial charge >= 0.3 is 0 Å². The zero-order chi connectivity index (χ0) is 15.4. The molecule has 1 aromatic carbocycles. The standard InChI is InChI=1S/C18H28N2O.ClH/c1-13(2)17(14-8-5-4-6-9-14)20(3)18(21)15-10-7-11-16(19)12-15;/h4-6,8-9,13,15-17H,7,10-12,19H2,1-3H3;1H. The highest BCUT2D eigenvalue weighted by atomic mass is 35.5. The van der Waals surface area contributed by atoms with Gasteiger partial charge in [-0.25, -0.2) is 0 Å². The predicted octanol–water partition coefficient (Wildman–Crippen LogP) is 3.78. The number of carbonyl (C=O) groups is 1. The van der Waals surface area contributed by atoms with Gasteiger partial charge < -0.3 is 10.6 Å². The lowest BCUT2D eigenvalue weighted by Gasteiger charge is -2.36. The van der Waals surface area contributed by atoms with Gasteiger partial charge in [0, 0.05) is 19.0 Å². The lowest BCUT2D eigenvalue weighted by molar-refractivity contribution is -0.138. The van der Waals surface area contributed by atoms with Crippen LogP contribution in [0.5, 0.6) is 0 Å². The van der Waals surface area contributed by atoms with Gasteiger partial charge in [0.1, 0.15) is 0 Å². The van der Waals surface area contributed by atoms with Crippen molar-refractivity contribution in [2.75, 3.05) is 7.05 Å². The Bertz CT molecular complexity index is 463. The topological polar surface area (TPSA) is 46.3 Å². The second-order valence-electron chi connectivity index (χ2n) is 6.67. The van der Waals surface area contributed by atoms with Crippen LogP contribution in [0.4, 0.5) is 0 Å². The van der Waals surface area contributed by atoms with Crippen molar-refractivity contribution in [3.05, 3.63) is 35.9 Å². The van der Waals surface area contributed by atoms with Crippen molar-refractivity contribution in [2.45, 2.75) is 51.6 Å². The minimum Gasteiger partial charge on any atom is -0.338 e. The number of nitrogens with zero attached hydrogens (tertiary/aromatic N) is 1. The molecule has 0 radical (unpaired) electrons. The zero-order valence-corrected chi connectivity index (χ0v) is 14.7. The van der Waals surface area contributed by atoms with E-state index in [0.29, 0.717) is 5.92 Å². The second-order valence-corrected chi connectivity index (χ2v) is 6.67. The first-order valence-corrected chi connectivity index (χ1v) is 8.08. The molecule has 0 aromatic heterocycles. The Morgan fingerprint density at radius 3 is 2.41 bits per heavy atom. The molecule has 1 aliphatic carbocycles. The maximum absolute atomic E-state index is 12.8. The smallest absolute Gasteiger partial charge is 0.226 e. The largest absolute Gasteiger partial charge is 0.338 e. The molecule has 1 saturated carbocycles. The van der Waals surface area contributed by atoms with Crippen LogP contribution in [-0.2, 0) is 4.79 Å². The van der Waals surface area contributed by atoms with Crippen LogP contribution in [0.25, 0.3) is 0 Å². The third kappa shape index (κ3) is 4.47. The maximum Gasteiger partial charge on any atom is 0.226 e. The maximum atomic E-state index is 12.8. The fraction of sp³-hybridized carbons (Fsp3) is 0.611. The summed E-state index contributed by atoms with van der Waals surface area (Å²) in [6, 6.07) is 10.6. The van der Waals surface area contributed by atoms with Crippen LogP contribution in [-0.4, -0.2) is 23.9 Å². The molecule has 124 valence electrons. The molecule has 3 nitrogen and oxygen atoms in total. The van der Waals surface area contributed by atoms with Crippen molar-refractivity contribution >= 4 is 18.3 Å². The van der Waals surface area contributed by atoms with E-state index >= 15 is 0 Å². The van der Waals surface area contributed by atoms with Crippen LogP contribution < -0.4 is 5.73 Å². The number of carbonyl (C=O) groups excluding carboxylic acids is 1. The van der Waals surface area contributed by atoms with Crippen molar-refractivity contribution in [3.63, 3.8) is 0 Å². The SMILES string of the molecule is CC(C)C(c1ccccc1)N(C)C(=O)C1CCCC(N)C1.Cl. The first-order chi connectivity index (χ1) is 10.0. The Morgan fingerprint density at radius 2 is 1.86 bits per heavy atom. The highest BCUT2D eigenvalue weighted by Crippen LogP contribution is 2.31. The molecule has 0 heterocycles. The van der Waals surface area contributed by atoms with Gasteiger partial charge in [0.2, 0.25) is 5.91 Å². The quantitative estimate of drug-likeness (QED) is 0.916. The van der Waals surface area contributed by atoms with Crippen LogP contribution >= 0.6 is 12.4 Å². The van der Waals surface area contributed by atoms with Gasteiger partial charge in [-0.15, -0.1) is 12.4 Å². The lowest BCUT2D eigenvalue weighted by atomic mass is 9.84. The molecule has 0 aliphatic heterocycles. The average molecular weight is 325 g/mol. The summed E-state index contributed by atoms with van der Waals surface area (Å²) in [4.78, 5) is 14.8. The van der Waals surface area contributed by atoms with Crippen molar-refractivity contribution in [2.24, 2.45) is 17.6 Å². The summed E-state index contributed by atoms with van der Waals surface area (Å²) in [5.74, 6) is 0.745. The summed E-state index contributed by atoms with van der Waals surface area (Å²) in [5.41, 5.74) is 7.25. The normalized spacial score (nSPS) is 22.8. The van der Waals surface area contributed by atoms with Crippen LogP contribution in [0, 0.1) is 11.8 Å². The summed E-state index contributed by atoms with van der Waals surface area (Å²) in [7, 11) is 1.94. The van der Waals surface area contributed by atoms with E-state index in [1.54, 1.807) is 0 Å². The summed E-state index contributed by atoms with van der Waals surface area (Å²) in [5, 5.41) is 0. The van der Waals surface area contributed by atoms with Gasteiger partial charge in [0.25, 0.3) is 0 Å². The molecule has 1 amide bonds. The molecule has 4 heteroatoms. The van der Waals surface area contributed by atoms with Crippen LogP contribution in [0.1, 0.15) is 51.1 Å². The number of benzene rings is 1. The Kier molecular flexibility index (Phi) is 7.37. The molecule has 0 spiro atoms. The third-order valence-electron chi connectivity index (χ3n) is 4.60. The average Bonchev–Trinajstić information content (AvgIpc) is 2.47. The summed E-state index contributed by atoms with van der Waals surface area (Å²) in [6.45, 7) is 4.35. The molecule has 0 saturated heterocycles. The lowest BCUT2D eigenvalue weighted by Crippen LogP contribution is -2.41. The van der Waals surface area contributed by atoms with Gasteiger partial charge in [0.05, 0.1) is 6.04 Å². The molecular formula is C18H29ClN2O. The summed E-state index contributed by atoms with van der Waals surface area (Å²) < 4.78 is 0. The molecule has 22 heavy (non-hydrogen) atoms. The first kappa shape index (κ1) is 19.0. The second kappa shape index (κ2) is 8.54. The van der Waals surface area contributed by atoms with Crippen molar-refractivity contribution < 1.29 is 4.79 Å². The molecule has 1 aromatic rings. The summed E-state index contributed by atoms with van der Waals surface area (Å²) in [6.07, 6.45) is 3.95. The molecule has 0 bridgehead atoms. The van der Waals surface area contributed by atoms with Gasteiger partial charge in [-0.3, -0.25) is 4.79 Å². The van der Waals surface area contributed by atoms with E-state index in [0.717, 1.165) is 25.7 Å². The van der Waals surface area contributed by atoms with E-state index < -0.39 is 0 Å². The van der Waals surface area contributed by atoms with Crippen LogP contribution in [0.3, 0.4) is 0 Å². The van der Waals surface area contributed by atoms with Crippen LogP contribution in [0.15, 0.2) is 30.3 Å². The zero-order valence-electron chi connectivity index (χ0n) is 13.9. The number of halogens is 1. The van der Waals surface area contributed by atoms with E-state index in [1.807, 2.05) is 30.1 Å². The fourth-order valence-electron chi connectivity index (χ4n) is 3.58. The molecular weight excluding hydrogens is 296 g/mol. The number of amides is 1. The molecule has 2 rings (SSSR count). The number of rotatable bonds is 4. The number of hydrogen-bond acceptors (Lipinski definition) is 2. The minimum atomic E-state index is 0. The number of nitrogens with two attached hydrogens (primary N) is 1. The fourth-order valence-corrected chi connectivity index (χ4v) is 3.58. The van der Waals surface area contributed by atoms with Crippen molar-refractivity contribution in [3.8, 4) is 0 Å². The first-order valence-electron chi connectivity index (χ1n) is 8.08. The molecule has 3 atom stereocenters. The predicted molar refractivity (Wildman–Crippen MR) is 94.0 cm³/mol. The number of hydrogen-bond donors (Lipinski definition) is 1. The van der Waals surface area contributed by atoms with Crippen molar-refractivity contribution in [1.82, 2.24) is 4.90 Å². The van der Waals surface area contributed by atoms with Gasteiger partial charge in [-0.2, -0.15) is 0 Å². The molecule has 1 aliphatic rings. The Morgan fingerprint density at radius 1 is 1.23 bits per heavy atom. The monoisotopic (exact) mass is 324 g/mol. The van der Waals surface area contributed by atoms with E-state index in [9.17, 15) is 4.79 Å². The molecule has 3 unspecified atom stereocenters. The minimum absolute atomic E-state index is 0. The molecule has 1 fully saturated rings. The van der Waals surface area contributed by atoms with Crippen molar-refractivity contribution in [1.29, 1.82) is 0 Å².